The molecule has 0 aliphatic heterocycles. The molecular formula is C22H16ClN7O3S2. The number of nitrogens with zero attached hydrogens (tertiary/aromatic N) is 4. The smallest absolute Gasteiger partial charge is 0.264 e. The van der Waals surface area contributed by atoms with E-state index in [2.05, 4.69) is 29.8 Å². The van der Waals surface area contributed by atoms with Crippen molar-refractivity contribution in [2.75, 3.05) is 4.72 Å². The summed E-state index contributed by atoms with van der Waals surface area (Å²) in [5.74, 6) is -0.268. The van der Waals surface area contributed by atoms with Crippen molar-refractivity contribution in [2.45, 2.75) is 11.8 Å². The Kier molecular flexibility index (Phi) is 5.71. The molecule has 3 heterocycles. The van der Waals surface area contributed by atoms with Crippen LogP contribution in [-0.4, -0.2) is 38.1 Å². The van der Waals surface area contributed by atoms with Crippen molar-refractivity contribution in [3.63, 3.8) is 0 Å². The number of para-hydroxylation sites is 1. The topological polar surface area (TPSA) is 138 Å². The summed E-state index contributed by atoms with van der Waals surface area (Å²) in [5.41, 5.74) is 1.09. The number of rotatable bonds is 5. The SMILES string of the molecule is Cc1nn(-c2ccccc2)c(Cl)c1-c1nc(NS(=O)(=O)c2ccccc2)nc2[nH]c(=S)[nH]c(=O)c12. The van der Waals surface area contributed by atoms with Gasteiger partial charge >= 0.3 is 0 Å². The number of hydrogen-bond donors (Lipinski definition) is 3. The highest BCUT2D eigenvalue weighted by Gasteiger charge is 2.24. The summed E-state index contributed by atoms with van der Waals surface area (Å²) in [6, 6.07) is 16.9. The second-order valence-corrected chi connectivity index (χ2v) is 9.89. The van der Waals surface area contributed by atoms with Crippen molar-refractivity contribution in [3.8, 4) is 16.9 Å². The van der Waals surface area contributed by atoms with Gasteiger partial charge < -0.3 is 4.98 Å². The minimum Gasteiger partial charge on any atom is -0.316 e. The predicted molar refractivity (Wildman–Crippen MR) is 135 cm³/mol. The van der Waals surface area contributed by atoms with Crippen LogP contribution in [0.15, 0.2) is 70.4 Å². The highest BCUT2D eigenvalue weighted by Crippen LogP contribution is 2.35. The van der Waals surface area contributed by atoms with Crippen LogP contribution >= 0.6 is 23.8 Å². The summed E-state index contributed by atoms with van der Waals surface area (Å²) in [6.45, 7) is 1.71. The Bertz CT molecular complexity index is 1800. The van der Waals surface area contributed by atoms with Gasteiger partial charge in [-0.25, -0.2) is 22.8 Å². The molecule has 2 aromatic carbocycles. The van der Waals surface area contributed by atoms with Gasteiger partial charge in [-0.1, -0.05) is 48.0 Å². The van der Waals surface area contributed by atoms with Crippen molar-refractivity contribution in [3.05, 3.63) is 86.6 Å². The Hall–Kier alpha value is -3.87. The maximum Gasteiger partial charge on any atom is 0.264 e. The van der Waals surface area contributed by atoms with E-state index in [1.165, 1.54) is 16.8 Å². The van der Waals surface area contributed by atoms with Crippen molar-refractivity contribution in [2.24, 2.45) is 0 Å². The van der Waals surface area contributed by atoms with Gasteiger partial charge in [-0.2, -0.15) is 10.1 Å². The van der Waals surface area contributed by atoms with Gasteiger partial charge in [-0.05, 0) is 43.4 Å². The standard InChI is InChI=1S/C22H16ClN7O3S2/c1-12-15(18(23)30(28-12)13-8-4-2-5-9-13)17-16-19(26-22(34)27-20(16)31)25-21(24-17)29-35(32,33)14-10-6-3-7-11-14/h2-11H,1H3,(H3,24,25,26,27,29,31,34). The van der Waals surface area contributed by atoms with E-state index in [0.717, 1.165) is 0 Å². The first-order chi connectivity index (χ1) is 16.7. The molecule has 0 fully saturated rings. The third-order valence-electron chi connectivity index (χ3n) is 5.12. The first-order valence-electron chi connectivity index (χ1n) is 10.2. The zero-order valence-electron chi connectivity index (χ0n) is 18.0. The monoisotopic (exact) mass is 525 g/mol. The molecule has 0 radical (unpaired) electrons. The molecule has 0 aliphatic carbocycles. The highest BCUT2D eigenvalue weighted by atomic mass is 35.5. The van der Waals surface area contributed by atoms with Gasteiger partial charge in [0.05, 0.1) is 27.5 Å². The number of sulfonamides is 1. The number of benzene rings is 2. The second kappa shape index (κ2) is 8.73. The molecule has 10 nitrogen and oxygen atoms in total. The molecule has 0 bridgehead atoms. The average Bonchev–Trinajstić information content (AvgIpc) is 3.12. The number of halogens is 1. The molecule has 5 rings (SSSR count). The lowest BCUT2D eigenvalue weighted by atomic mass is 10.1. The fourth-order valence-corrected chi connectivity index (χ4v) is 5.10. The number of aryl methyl sites for hydroxylation is 1. The van der Waals surface area contributed by atoms with E-state index < -0.39 is 15.6 Å². The van der Waals surface area contributed by atoms with E-state index in [1.807, 2.05) is 30.3 Å². The molecule has 176 valence electrons. The van der Waals surface area contributed by atoms with E-state index in [9.17, 15) is 13.2 Å². The van der Waals surface area contributed by atoms with Crippen LogP contribution in [0.2, 0.25) is 5.15 Å². The van der Waals surface area contributed by atoms with Gasteiger partial charge in [0.15, 0.2) is 10.4 Å². The van der Waals surface area contributed by atoms with Crippen molar-refractivity contribution in [1.82, 2.24) is 29.7 Å². The van der Waals surface area contributed by atoms with Gasteiger partial charge in [-0.3, -0.25) is 9.78 Å². The Labute approximate surface area is 208 Å². The van der Waals surface area contributed by atoms with Gasteiger partial charge in [0.1, 0.15) is 10.5 Å². The molecule has 0 saturated carbocycles. The van der Waals surface area contributed by atoms with Crippen LogP contribution in [0.4, 0.5) is 5.95 Å². The minimum absolute atomic E-state index is 0.0202. The van der Waals surface area contributed by atoms with Crippen LogP contribution in [0.25, 0.3) is 28.0 Å². The zero-order valence-corrected chi connectivity index (χ0v) is 20.4. The van der Waals surface area contributed by atoms with Crippen LogP contribution < -0.4 is 10.3 Å². The average molecular weight is 526 g/mol. The van der Waals surface area contributed by atoms with E-state index in [0.29, 0.717) is 16.9 Å². The van der Waals surface area contributed by atoms with E-state index in [1.54, 1.807) is 25.1 Å². The quantitative estimate of drug-likeness (QED) is 0.295. The summed E-state index contributed by atoms with van der Waals surface area (Å²) in [4.78, 5) is 26.8. The van der Waals surface area contributed by atoms with Crippen LogP contribution in [0, 0.1) is 11.7 Å². The maximum absolute atomic E-state index is 12.9. The number of anilines is 1. The summed E-state index contributed by atoms with van der Waals surface area (Å²) >= 11 is 11.8. The number of fused-ring (bicyclic) bond motifs is 1. The Balaban J connectivity index is 1.75. The lowest BCUT2D eigenvalue weighted by molar-refractivity contribution is 0.601. The first kappa shape index (κ1) is 22.9. The lowest BCUT2D eigenvalue weighted by Crippen LogP contribution is -2.17. The van der Waals surface area contributed by atoms with Gasteiger partial charge in [0.25, 0.3) is 15.6 Å². The Morgan fingerprint density at radius 1 is 1.00 bits per heavy atom. The zero-order chi connectivity index (χ0) is 24.7. The molecule has 13 heteroatoms. The molecule has 0 spiro atoms. The maximum atomic E-state index is 12.9. The van der Waals surface area contributed by atoms with Crippen molar-refractivity contribution >= 4 is 50.8 Å². The highest BCUT2D eigenvalue weighted by molar-refractivity contribution is 7.92. The summed E-state index contributed by atoms with van der Waals surface area (Å²) in [7, 11) is -4.01. The molecule has 5 aromatic rings. The molecule has 0 unspecified atom stereocenters. The Morgan fingerprint density at radius 3 is 2.34 bits per heavy atom. The Morgan fingerprint density at radius 2 is 1.66 bits per heavy atom. The molecular weight excluding hydrogens is 510 g/mol. The molecule has 0 aliphatic rings. The number of H-pyrrole nitrogens is 2. The van der Waals surface area contributed by atoms with Crippen LogP contribution in [0.5, 0.6) is 0 Å². The summed E-state index contributed by atoms with van der Waals surface area (Å²) < 4.78 is 29.7. The third-order valence-corrected chi connectivity index (χ3v) is 7.01. The van der Waals surface area contributed by atoms with Crippen molar-refractivity contribution in [1.29, 1.82) is 0 Å². The van der Waals surface area contributed by atoms with Crippen LogP contribution in [0.1, 0.15) is 5.69 Å². The van der Waals surface area contributed by atoms with E-state index in [-0.39, 0.29) is 37.5 Å². The molecule has 35 heavy (non-hydrogen) atoms. The molecule has 3 aromatic heterocycles. The molecule has 0 atom stereocenters. The van der Waals surface area contributed by atoms with Crippen LogP contribution in [-0.2, 0) is 10.0 Å². The normalized spacial score (nSPS) is 11.6. The van der Waals surface area contributed by atoms with Gasteiger partial charge in [-0.15, -0.1) is 0 Å². The fraction of sp³-hybridized carbons (Fsp3) is 0.0455. The minimum atomic E-state index is -4.01. The predicted octanol–water partition coefficient (Wildman–Crippen LogP) is 3.99. The first-order valence-corrected chi connectivity index (χ1v) is 12.4. The number of aromatic amines is 2. The number of aromatic nitrogens is 6. The van der Waals surface area contributed by atoms with Crippen LogP contribution in [0.3, 0.4) is 0 Å². The second-order valence-electron chi connectivity index (χ2n) is 7.44. The molecule has 3 N–H and O–H groups in total. The number of hydrogen-bond acceptors (Lipinski definition) is 7. The van der Waals surface area contributed by atoms with E-state index in [4.69, 9.17) is 23.8 Å². The van der Waals surface area contributed by atoms with Gasteiger partial charge in [0.2, 0.25) is 5.95 Å². The van der Waals surface area contributed by atoms with Crippen molar-refractivity contribution < 1.29 is 8.42 Å². The van der Waals surface area contributed by atoms with E-state index >= 15 is 0 Å². The fourth-order valence-electron chi connectivity index (χ4n) is 3.58. The summed E-state index contributed by atoms with van der Waals surface area (Å²) in [5, 5.41) is 4.75. The molecule has 0 saturated heterocycles. The van der Waals surface area contributed by atoms with Gasteiger partial charge in [0, 0.05) is 0 Å². The lowest BCUT2D eigenvalue weighted by Gasteiger charge is -2.10. The largest absolute Gasteiger partial charge is 0.316 e. The molecule has 0 amide bonds. The third kappa shape index (κ3) is 4.22. The summed E-state index contributed by atoms with van der Waals surface area (Å²) in [6.07, 6.45) is 0. The number of nitrogens with one attached hydrogen (secondary N) is 3.